The van der Waals surface area contributed by atoms with Gasteiger partial charge in [-0.3, -0.25) is 10.1 Å². The Morgan fingerprint density at radius 1 is 0.920 bits per heavy atom. The van der Waals surface area contributed by atoms with E-state index in [1.165, 1.54) is 30.3 Å². The van der Waals surface area contributed by atoms with Crippen molar-refractivity contribution in [3.05, 3.63) is 61.7 Å². The summed E-state index contributed by atoms with van der Waals surface area (Å²) in [7, 11) is 0. The summed E-state index contributed by atoms with van der Waals surface area (Å²) in [6.45, 7) is 0. The van der Waals surface area contributed by atoms with Crippen molar-refractivity contribution in [2.75, 3.05) is 0 Å². The zero-order valence-corrected chi connectivity index (χ0v) is 16.5. The minimum atomic E-state index is -0.308. The molecular weight excluding hydrogens is 438 g/mol. The summed E-state index contributed by atoms with van der Waals surface area (Å²) in [5.41, 5.74) is 0.833. The number of benzene rings is 2. The van der Waals surface area contributed by atoms with Crippen molar-refractivity contribution in [3.8, 4) is 10.4 Å². The number of nitro benzene ring substituents is 1. The molecule has 0 fully saturated rings. The van der Waals surface area contributed by atoms with E-state index in [1.807, 2.05) is 12.1 Å². The van der Waals surface area contributed by atoms with E-state index < -0.39 is 0 Å². The van der Waals surface area contributed by atoms with E-state index in [-0.39, 0.29) is 10.6 Å². The molecule has 0 aliphatic carbocycles. The number of hydrogen-bond acceptors (Lipinski definition) is 5. The number of thiophene rings is 3. The topological polar surface area (TPSA) is 43.1 Å². The highest BCUT2D eigenvalue weighted by molar-refractivity contribution is 9.11. The van der Waals surface area contributed by atoms with E-state index in [9.17, 15) is 10.1 Å². The first-order chi connectivity index (χ1) is 12.1. The molecule has 0 atom stereocenters. The SMILES string of the molecule is O=[N+]([O-])c1ccccc1-c1cc2c3sc(Br)cc3c3sccc3c2s1. The van der Waals surface area contributed by atoms with Crippen LogP contribution in [-0.4, -0.2) is 4.92 Å². The summed E-state index contributed by atoms with van der Waals surface area (Å²) in [4.78, 5) is 12.0. The van der Waals surface area contributed by atoms with Gasteiger partial charge in [-0.25, -0.2) is 0 Å². The molecule has 25 heavy (non-hydrogen) atoms. The quantitative estimate of drug-likeness (QED) is 0.206. The van der Waals surface area contributed by atoms with Crippen LogP contribution < -0.4 is 0 Å². The summed E-state index contributed by atoms with van der Waals surface area (Å²) in [5, 5.41) is 17.2. The number of hydrogen-bond donors (Lipinski definition) is 0. The molecule has 3 heterocycles. The lowest BCUT2D eigenvalue weighted by Gasteiger charge is -1.98. The van der Waals surface area contributed by atoms with E-state index in [0.29, 0.717) is 5.56 Å². The zero-order chi connectivity index (χ0) is 17.1. The number of rotatable bonds is 2. The summed E-state index contributed by atoms with van der Waals surface area (Å²) in [6.07, 6.45) is 0. The van der Waals surface area contributed by atoms with Gasteiger partial charge < -0.3 is 0 Å². The van der Waals surface area contributed by atoms with E-state index in [1.54, 1.807) is 46.1 Å². The Balaban J connectivity index is 1.92. The predicted molar refractivity (Wildman–Crippen MR) is 112 cm³/mol. The largest absolute Gasteiger partial charge is 0.278 e. The van der Waals surface area contributed by atoms with Crippen LogP contribution in [0.4, 0.5) is 5.69 Å². The van der Waals surface area contributed by atoms with Crippen LogP contribution in [0.3, 0.4) is 0 Å². The molecule has 5 rings (SSSR count). The van der Waals surface area contributed by atoms with Crippen LogP contribution in [0.5, 0.6) is 0 Å². The molecule has 3 nitrogen and oxygen atoms in total. The highest BCUT2D eigenvalue weighted by atomic mass is 79.9. The fraction of sp³-hybridized carbons (Fsp3) is 0. The van der Waals surface area contributed by atoms with Crippen LogP contribution in [0.1, 0.15) is 0 Å². The fourth-order valence-electron chi connectivity index (χ4n) is 3.16. The fourth-order valence-corrected chi connectivity index (χ4v) is 7.14. The van der Waals surface area contributed by atoms with Crippen molar-refractivity contribution in [1.29, 1.82) is 0 Å². The Morgan fingerprint density at radius 2 is 1.68 bits per heavy atom. The minimum Gasteiger partial charge on any atom is -0.258 e. The lowest BCUT2D eigenvalue weighted by Crippen LogP contribution is -1.89. The Hall–Kier alpha value is -1.80. The van der Waals surface area contributed by atoms with Gasteiger partial charge in [0.1, 0.15) is 0 Å². The van der Waals surface area contributed by atoms with Crippen molar-refractivity contribution < 1.29 is 4.92 Å². The molecule has 0 unspecified atom stereocenters. The molecule has 7 heteroatoms. The van der Waals surface area contributed by atoms with Gasteiger partial charge in [-0.05, 0) is 45.6 Å². The number of halogens is 1. The Morgan fingerprint density at radius 3 is 2.52 bits per heavy atom. The van der Waals surface area contributed by atoms with Gasteiger partial charge in [0.05, 0.1) is 14.3 Å². The summed E-state index contributed by atoms with van der Waals surface area (Å²) >= 11 is 8.70. The minimum absolute atomic E-state index is 0.152. The van der Waals surface area contributed by atoms with Gasteiger partial charge in [-0.2, -0.15) is 0 Å². The highest BCUT2D eigenvalue weighted by Crippen LogP contribution is 2.48. The molecule has 0 aliphatic rings. The van der Waals surface area contributed by atoms with Crippen molar-refractivity contribution >= 4 is 85.9 Å². The third-order valence-corrected chi connectivity index (χ3v) is 8.02. The lowest BCUT2D eigenvalue weighted by atomic mass is 10.1. The summed E-state index contributed by atoms with van der Waals surface area (Å²) in [5.74, 6) is 0. The van der Waals surface area contributed by atoms with Crippen LogP contribution in [0, 0.1) is 10.1 Å². The van der Waals surface area contributed by atoms with Gasteiger partial charge in [0.25, 0.3) is 5.69 Å². The molecule has 0 amide bonds. The van der Waals surface area contributed by atoms with Crippen molar-refractivity contribution in [2.24, 2.45) is 0 Å². The van der Waals surface area contributed by atoms with E-state index in [4.69, 9.17) is 0 Å². The second-order valence-corrected chi connectivity index (χ2v) is 9.98. The van der Waals surface area contributed by atoms with Crippen LogP contribution >= 0.6 is 49.9 Å². The molecular formula is C18H8BrNO2S3. The second-order valence-electron chi connectivity index (χ2n) is 5.58. The molecule has 0 N–H and O–H groups in total. The first-order valence-corrected chi connectivity index (χ1v) is 10.7. The average molecular weight is 446 g/mol. The van der Waals surface area contributed by atoms with Gasteiger partial charge >= 0.3 is 0 Å². The number of nitro groups is 1. The van der Waals surface area contributed by atoms with Crippen molar-refractivity contribution in [3.63, 3.8) is 0 Å². The maximum absolute atomic E-state index is 11.4. The van der Waals surface area contributed by atoms with Gasteiger partial charge in [0, 0.05) is 41.2 Å². The monoisotopic (exact) mass is 445 g/mol. The molecule has 0 aliphatic heterocycles. The maximum Gasteiger partial charge on any atom is 0.278 e. The normalized spacial score (nSPS) is 11.7. The van der Waals surface area contributed by atoms with Gasteiger partial charge in [-0.15, -0.1) is 34.0 Å². The molecule has 0 spiro atoms. The Bertz CT molecular complexity index is 1300. The van der Waals surface area contributed by atoms with E-state index in [2.05, 4.69) is 39.5 Å². The molecule has 0 saturated carbocycles. The van der Waals surface area contributed by atoms with E-state index >= 15 is 0 Å². The predicted octanol–water partition coefficient (Wildman–Crippen LogP) is 7.67. The molecule has 5 aromatic rings. The number of nitrogens with zero attached hydrogens (tertiary/aromatic N) is 1. The van der Waals surface area contributed by atoms with Gasteiger partial charge in [-0.1, -0.05) is 12.1 Å². The second kappa shape index (κ2) is 5.60. The number of fused-ring (bicyclic) bond motifs is 6. The maximum atomic E-state index is 11.4. The lowest BCUT2D eigenvalue weighted by molar-refractivity contribution is -0.384. The summed E-state index contributed by atoms with van der Waals surface area (Å²) < 4.78 is 4.81. The smallest absolute Gasteiger partial charge is 0.258 e. The zero-order valence-electron chi connectivity index (χ0n) is 12.5. The molecule has 2 aromatic carbocycles. The molecule has 0 saturated heterocycles. The van der Waals surface area contributed by atoms with Crippen LogP contribution in [-0.2, 0) is 0 Å². The standard InChI is InChI=1S/C18H8BrNO2S3/c19-15-8-12-16-10(5-6-23-16)17-11(18(12)25-15)7-14(24-17)9-3-1-2-4-13(9)20(21)22/h1-8H. The van der Waals surface area contributed by atoms with Gasteiger partial charge in [0.2, 0.25) is 0 Å². The molecule has 122 valence electrons. The number of para-hydroxylation sites is 1. The van der Waals surface area contributed by atoms with E-state index in [0.717, 1.165) is 8.66 Å². The molecule has 0 bridgehead atoms. The van der Waals surface area contributed by atoms with Crippen LogP contribution in [0.15, 0.2) is 51.6 Å². The third kappa shape index (κ3) is 2.27. The summed E-state index contributed by atoms with van der Waals surface area (Å²) in [6, 6.07) is 13.4. The average Bonchev–Trinajstić information content (AvgIpc) is 3.30. The van der Waals surface area contributed by atoms with Crippen LogP contribution in [0.2, 0.25) is 0 Å². The van der Waals surface area contributed by atoms with Crippen molar-refractivity contribution in [2.45, 2.75) is 0 Å². The Labute approximate surface area is 162 Å². The Kier molecular flexibility index (Phi) is 3.46. The molecule has 0 radical (unpaired) electrons. The first kappa shape index (κ1) is 15.5. The first-order valence-electron chi connectivity index (χ1n) is 7.39. The van der Waals surface area contributed by atoms with Crippen molar-refractivity contribution in [1.82, 2.24) is 0 Å². The van der Waals surface area contributed by atoms with Gasteiger partial charge in [0.15, 0.2) is 0 Å². The van der Waals surface area contributed by atoms with Crippen LogP contribution in [0.25, 0.3) is 40.7 Å². The third-order valence-electron chi connectivity index (χ3n) is 4.20. The highest BCUT2D eigenvalue weighted by Gasteiger charge is 2.20. The molecule has 3 aromatic heterocycles.